The van der Waals surface area contributed by atoms with Gasteiger partial charge in [0.05, 0.1) is 16.1 Å². The number of hydrogen-bond donors (Lipinski definition) is 0. The summed E-state index contributed by atoms with van der Waals surface area (Å²) in [7, 11) is -17.4. The molecule has 21 heteroatoms. The molecule has 0 amide bonds. The van der Waals surface area contributed by atoms with E-state index in [0.29, 0.717) is 14.0 Å². The molecule has 0 aromatic carbocycles. The first-order valence-electron chi connectivity index (χ1n) is 32.8. The number of rotatable bonds is 22. The molecule has 0 N–H and O–H groups in total. The fourth-order valence-electron chi connectivity index (χ4n) is 16.4. The number of ether oxygens (including phenoxy) is 1. The molecule has 506 valence electrons. The molecule has 0 bridgehead atoms. The zero-order chi connectivity index (χ0) is 68.0. The fraction of sp³-hybridized carbons (Fsp3) is 0.623. The van der Waals surface area contributed by atoms with Crippen LogP contribution in [0.4, 0.5) is 0 Å². The Morgan fingerprint density at radius 1 is 0.411 bits per heavy atom. The van der Waals surface area contributed by atoms with Crippen LogP contribution in [-0.2, 0) is 18.7 Å². The van der Waals surface area contributed by atoms with Gasteiger partial charge in [0.2, 0.25) is 0 Å². The average Bonchev–Trinajstić information content (AvgIpc) is 0.696. The van der Waals surface area contributed by atoms with Gasteiger partial charge in [0.15, 0.2) is 0 Å². The van der Waals surface area contributed by atoms with Crippen molar-refractivity contribution in [2.24, 2.45) is 0 Å². The molecule has 90 heavy (non-hydrogen) atoms. The van der Waals surface area contributed by atoms with E-state index in [2.05, 4.69) is 344 Å². The third-order valence-corrected chi connectivity index (χ3v) is 150. The Balaban J connectivity index is -0.00000121. The van der Waals surface area contributed by atoms with Gasteiger partial charge in [0.25, 0.3) is 0 Å². The molecule has 5 rings (SSSR count). The van der Waals surface area contributed by atoms with Gasteiger partial charge in [-0.2, -0.15) is 6.42 Å². The van der Waals surface area contributed by atoms with Gasteiger partial charge < -0.3 is 11.7 Å². The van der Waals surface area contributed by atoms with Gasteiger partial charge in [-0.1, -0.05) is 66.1 Å². The molecular weight excluding hydrogens is 1600 g/mol. The molecule has 5 heterocycles. The third kappa shape index (κ3) is 22.8. The van der Waals surface area contributed by atoms with Crippen molar-refractivity contribution in [3.05, 3.63) is 157 Å². The van der Waals surface area contributed by atoms with Crippen LogP contribution in [0.5, 0.6) is 0 Å². The van der Waals surface area contributed by atoms with Crippen LogP contribution in [0.25, 0.3) is 0 Å². The molecule has 0 spiro atoms. The van der Waals surface area contributed by atoms with Crippen LogP contribution in [-0.4, -0.2) is 188 Å². The van der Waals surface area contributed by atoms with E-state index in [-0.39, 0.29) is 50.0 Å². The van der Waals surface area contributed by atoms with E-state index in [1.54, 1.807) is 0 Å². The normalized spacial score (nSPS) is 13.1. The number of nitrogens with zero attached hydrogens (tertiary/aromatic N) is 5. The topological polar surface area (TPSA) is 73.7 Å². The van der Waals surface area contributed by atoms with Crippen LogP contribution < -0.4 is 18.9 Å². The molecule has 5 aromatic heterocycles. The standard InChI is InChI=1S/C24H44GeN2Si4Te.C24H46GeN2Si4.C12H23NSi2.C4H10O.C4H9.CH4.Li.H2Te/c1-28(2,3)23(29(4,5)6,21-17-13-15-19-26-21)25(32)24(30(7,8)9,31(10,11)12)22-18-14-16-20-27-22;1-28(2,3)23(29(4,5)6,21-17-13-15-19-26-21)25-24(30(7,8)9,31(10,11)12)22-18-14-16-20-27-22;1-14(2,3)12(15(4,5)6)11-9-7-8-10-13-11;1-3-5-4-2;1-3-4-2;;;/h13-20H,1-12H3;13-20H,25H2,1-12H3;7-10,12H,1-6H3;3-4H2,1-2H3;1,3-4H2,2H3;1H4;;1H2/q;;;;-1;;+1;. The maximum atomic E-state index is 5.20. The molecule has 0 radical (unpaired) electrons. The molecular formula is C69H138Ge2LiN5OSi10Te2. The number of hydrogen-bond acceptors (Lipinski definition) is 6. The maximum absolute atomic E-state index is 5.20. The van der Waals surface area contributed by atoms with Crippen LogP contribution >= 0.6 is 0 Å². The van der Waals surface area contributed by atoms with Crippen molar-refractivity contribution in [1.29, 1.82) is 0 Å². The van der Waals surface area contributed by atoms with Gasteiger partial charge in [-0.05, 0) is 31.1 Å². The molecule has 6 nitrogen and oxygen atoms in total. The second-order valence-electron chi connectivity index (χ2n) is 34.7. The summed E-state index contributed by atoms with van der Waals surface area (Å²) in [6.45, 7) is 89.6. The summed E-state index contributed by atoms with van der Waals surface area (Å²) < 4.78 is 6.13. The summed E-state index contributed by atoms with van der Waals surface area (Å²) in [6, 6.07) is 33.3. The van der Waals surface area contributed by atoms with E-state index in [1.165, 1.54) is 34.9 Å². The van der Waals surface area contributed by atoms with Gasteiger partial charge in [0, 0.05) is 25.1 Å². The van der Waals surface area contributed by atoms with E-state index in [0.717, 1.165) is 24.8 Å². The number of pyridine rings is 5. The van der Waals surface area contributed by atoms with E-state index >= 15 is 0 Å². The van der Waals surface area contributed by atoms with Crippen molar-refractivity contribution in [3.8, 4) is 0 Å². The molecule has 0 saturated carbocycles. The molecule has 0 aliphatic heterocycles. The first-order chi connectivity index (χ1) is 39.3. The molecule has 0 unspecified atom stereocenters. The molecule has 0 saturated heterocycles. The number of aromatic nitrogens is 5. The Morgan fingerprint density at radius 2 is 0.644 bits per heavy atom. The Morgan fingerprint density at radius 3 is 0.800 bits per heavy atom. The molecule has 0 aliphatic rings. The summed E-state index contributed by atoms with van der Waals surface area (Å²) in [5.74, 6) is 0. The monoisotopic (exact) mass is 1750 g/mol. The first kappa shape index (κ1) is 95.3. The van der Waals surface area contributed by atoms with Crippen LogP contribution in [0.1, 0.15) is 74.7 Å². The van der Waals surface area contributed by atoms with Crippen molar-refractivity contribution in [2.45, 2.75) is 257 Å². The fourth-order valence-corrected chi connectivity index (χ4v) is 187. The van der Waals surface area contributed by atoms with E-state index in [1.807, 2.05) is 26.1 Å². The predicted octanol–water partition coefficient (Wildman–Crippen LogP) is 16.0. The van der Waals surface area contributed by atoms with Gasteiger partial charge in [-0.25, -0.2) is 0 Å². The predicted molar refractivity (Wildman–Crippen MR) is 442 cm³/mol. The van der Waals surface area contributed by atoms with Crippen molar-refractivity contribution in [3.63, 3.8) is 0 Å². The summed E-state index contributed by atoms with van der Waals surface area (Å²) in [6.07, 6.45) is 12.4. The SMILES string of the molecule is C.CCOCC.C[Si](C)(C)C(c1ccccn1)[Si](C)(C)C.C[Si](C)(C)[C]([GeH2][C](c1ccccn1)([Si](C)(C)C)[Si](C)(C)C)(c1ccccn1)[Si](C)(C)C.C[Si](C)(C)[C](c1ccccn1)([Ge](=[Te])[C](c1ccccn1)([Si](C)(C)C)[Si](C)(C)C)[Si](C)(C)C.[CH2-]CCC.[Li+].[TeH2]. The van der Waals surface area contributed by atoms with Crippen molar-refractivity contribution in [2.75, 3.05) is 13.2 Å². The third-order valence-electron chi connectivity index (χ3n) is 18.6. The number of unbranched alkanes of at least 4 members (excludes halogenated alkanes) is 1. The molecule has 0 fully saturated rings. The van der Waals surface area contributed by atoms with Crippen LogP contribution in [0.15, 0.2) is 122 Å². The minimum absolute atomic E-state index is 0. The Labute approximate surface area is 618 Å². The summed E-state index contributed by atoms with van der Waals surface area (Å²) in [5, 5.41) is 0.756. The molecule has 0 aliphatic carbocycles. The van der Waals surface area contributed by atoms with Gasteiger partial charge in [0.1, 0.15) is 0 Å². The quantitative estimate of drug-likeness (QED) is 0.0508. The Kier molecular flexibility index (Phi) is 40.3. The first-order valence-corrected chi connectivity index (χ1v) is 80.0. The molecule has 0 atom stereocenters. The summed E-state index contributed by atoms with van der Waals surface area (Å²) in [4.78, 5) is 25.3. The zero-order valence-corrected chi connectivity index (χ0v) is 84.2. The summed E-state index contributed by atoms with van der Waals surface area (Å²) >= 11 is 1.36. The van der Waals surface area contributed by atoms with Gasteiger partial charge in [-0.15, -0.1) is 0 Å². The van der Waals surface area contributed by atoms with Crippen LogP contribution in [0.3, 0.4) is 0 Å². The van der Waals surface area contributed by atoms with Crippen molar-refractivity contribution < 1.29 is 23.6 Å². The Bertz CT molecular complexity index is 2560. The van der Waals surface area contributed by atoms with Gasteiger partial charge in [-0.3, -0.25) is 4.98 Å². The van der Waals surface area contributed by atoms with Gasteiger partial charge >= 0.3 is 464 Å². The van der Waals surface area contributed by atoms with E-state index < -0.39 is 107 Å². The second kappa shape index (κ2) is 38.1. The van der Waals surface area contributed by atoms with Crippen molar-refractivity contribution in [1.82, 2.24) is 24.9 Å². The van der Waals surface area contributed by atoms with Crippen LogP contribution in [0.2, 0.25) is 196 Å². The second-order valence-corrected chi connectivity index (χ2v) is 116. The Hall–Kier alpha value is 1.14. The molecule has 5 aromatic rings. The summed E-state index contributed by atoms with van der Waals surface area (Å²) in [5.41, 5.74) is 7.05. The van der Waals surface area contributed by atoms with Crippen LogP contribution in [0, 0.1) is 6.92 Å². The minimum atomic E-state index is -1.93. The van der Waals surface area contributed by atoms with E-state index in [4.69, 9.17) is 24.7 Å². The zero-order valence-electron chi connectivity index (χ0n) is 63.9. The van der Waals surface area contributed by atoms with Crippen molar-refractivity contribution >= 4 is 150 Å². The van der Waals surface area contributed by atoms with E-state index in [9.17, 15) is 0 Å². The average molecular weight is 1740 g/mol.